The average Bonchev–Trinajstić information content (AvgIpc) is 3.49. The number of aromatic amines is 1. The van der Waals surface area contributed by atoms with Crippen LogP contribution in [0.4, 0.5) is 0 Å². The quantitative estimate of drug-likeness (QED) is 0.475. The van der Waals surface area contributed by atoms with Gasteiger partial charge >= 0.3 is 0 Å². The van der Waals surface area contributed by atoms with Gasteiger partial charge < -0.3 is 15.4 Å². The number of nitrogens with zero attached hydrogens (tertiary/aromatic N) is 3. The number of hydrogen-bond acceptors (Lipinski definition) is 4. The first-order valence-electron chi connectivity index (χ1n) is 10.2. The van der Waals surface area contributed by atoms with Crippen molar-refractivity contribution in [2.45, 2.75) is 44.0 Å². The molecule has 1 fully saturated rings. The van der Waals surface area contributed by atoms with Gasteiger partial charge in [-0.15, -0.1) is 0 Å². The van der Waals surface area contributed by atoms with E-state index in [1.54, 1.807) is 6.20 Å². The molecule has 2 aromatic carbocycles. The number of aliphatic hydroxyl groups excluding tert-OH is 1. The molecule has 0 radical (unpaired) electrons. The summed E-state index contributed by atoms with van der Waals surface area (Å²) in [6, 6.07) is 18.8. The molecule has 0 spiro atoms. The molecule has 3 heterocycles. The van der Waals surface area contributed by atoms with Crippen molar-refractivity contribution in [3.63, 3.8) is 0 Å². The molecule has 5 rings (SSSR count). The van der Waals surface area contributed by atoms with Crippen LogP contribution in [0.3, 0.4) is 0 Å². The molecule has 0 saturated carbocycles. The number of aliphatic hydroxyl groups is 1. The minimum absolute atomic E-state index is 0.110. The lowest BCUT2D eigenvalue weighted by atomic mass is 10.0. The third-order valence-corrected chi connectivity index (χ3v) is 5.75. The second-order valence-electron chi connectivity index (χ2n) is 7.85. The van der Waals surface area contributed by atoms with Crippen LogP contribution in [-0.2, 0) is 13.0 Å². The molecule has 6 nitrogen and oxygen atoms in total. The van der Waals surface area contributed by atoms with E-state index < -0.39 is 6.10 Å². The molecule has 0 amide bonds. The maximum absolute atomic E-state index is 10.7. The van der Waals surface area contributed by atoms with E-state index in [1.807, 2.05) is 47.3 Å². The van der Waals surface area contributed by atoms with Gasteiger partial charge in [-0.3, -0.25) is 4.68 Å². The van der Waals surface area contributed by atoms with Crippen LogP contribution >= 0.6 is 0 Å². The molecule has 3 N–H and O–H groups in total. The molecule has 4 aromatic rings. The second-order valence-corrected chi connectivity index (χ2v) is 7.85. The summed E-state index contributed by atoms with van der Waals surface area (Å²) in [7, 11) is 0. The van der Waals surface area contributed by atoms with E-state index in [4.69, 9.17) is 0 Å². The highest BCUT2D eigenvalue weighted by Gasteiger charge is 2.29. The van der Waals surface area contributed by atoms with Crippen LogP contribution < -0.4 is 5.32 Å². The minimum Gasteiger partial charge on any atom is -0.387 e. The first-order valence-corrected chi connectivity index (χ1v) is 10.2. The van der Waals surface area contributed by atoms with Crippen LogP contribution in [0, 0.1) is 0 Å². The van der Waals surface area contributed by atoms with Gasteiger partial charge in [-0.2, -0.15) is 5.10 Å². The van der Waals surface area contributed by atoms with Gasteiger partial charge in [0.25, 0.3) is 0 Å². The van der Waals surface area contributed by atoms with Crippen LogP contribution in [0.25, 0.3) is 11.0 Å². The standard InChI is InChI=1S/C23H25N5O/c29-23(17-5-2-1-3-6-17)20-10-8-18(25-20)13-16-7-9-19-21(14-16)27-22(26-19)15-28-12-4-11-24-28/h1-7,9,11-12,14,18,20,23,25,29H,8,10,13,15H2,(H,26,27)/t18-,20+,23+/m0/s1. The maximum Gasteiger partial charge on any atom is 0.129 e. The predicted molar refractivity (Wildman–Crippen MR) is 112 cm³/mol. The number of H-pyrrole nitrogens is 1. The van der Waals surface area contributed by atoms with Gasteiger partial charge in [0.15, 0.2) is 0 Å². The third kappa shape index (κ3) is 3.95. The fourth-order valence-corrected chi connectivity index (χ4v) is 4.29. The van der Waals surface area contributed by atoms with Crippen molar-refractivity contribution < 1.29 is 5.11 Å². The summed E-state index contributed by atoms with van der Waals surface area (Å²) in [5.74, 6) is 0.908. The van der Waals surface area contributed by atoms with Gasteiger partial charge in [0, 0.05) is 24.5 Å². The van der Waals surface area contributed by atoms with E-state index in [1.165, 1.54) is 5.56 Å². The average molecular weight is 387 g/mol. The lowest BCUT2D eigenvalue weighted by Crippen LogP contribution is -2.35. The number of nitrogens with one attached hydrogen (secondary N) is 2. The fourth-order valence-electron chi connectivity index (χ4n) is 4.29. The molecule has 0 aliphatic carbocycles. The summed E-state index contributed by atoms with van der Waals surface area (Å²) < 4.78 is 1.86. The molecular weight excluding hydrogens is 362 g/mol. The first-order chi connectivity index (χ1) is 14.2. The highest BCUT2D eigenvalue weighted by atomic mass is 16.3. The SMILES string of the molecule is O[C@H](c1ccccc1)[C@H]1CC[C@@H](Cc2ccc3nc(Cn4cccn4)[nH]c3c2)N1. The van der Waals surface area contributed by atoms with Crippen molar-refractivity contribution in [2.24, 2.45) is 0 Å². The fraction of sp³-hybridized carbons (Fsp3) is 0.304. The molecule has 1 aliphatic rings. The highest BCUT2D eigenvalue weighted by Crippen LogP contribution is 2.27. The van der Waals surface area contributed by atoms with Crippen molar-refractivity contribution in [3.8, 4) is 0 Å². The lowest BCUT2D eigenvalue weighted by Gasteiger charge is -2.20. The molecule has 29 heavy (non-hydrogen) atoms. The van der Waals surface area contributed by atoms with Crippen LogP contribution in [0.5, 0.6) is 0 Å². The summed E-state index contributed by atoms with van der Waals surface area (Å²) in [4.78, 5) is 8.08. The first kappa shape index (κ1) is 18.1. The van der Waals surface area contributed by atoms with Gasteiger partial charge in [-0.1, -0.05) is 36.4 Å². The summed E-state index contributed by atoms with van der Waals surface area (Å²) >= 11 is 0. The van der Waals surface area contributed by atoms with Gasteiger partial charge in [0.2, 0.25) is 0 Å². The Bertz CT molecular complexity index is 1070. The van der Waals surface area contributed by atoms with Crippen molar-refractivity contribution in [1.29, 1.82) is 0 Å². The third-order valence-electron chi connectivity index (χ3n) is 5.75. The molecule has 1 saturated heterocycles. The van der Waals surface area contributed by atoms with E-state index >= 15 is 0 Å². The van der Waals surface area contributed by atoms with Crippen LogP contribution in [0.15, 0.2) is 67.0 Å². The zero-order valence-corrected chi connectivity index (χ0v) is 16.2. The Morgan fingerprint density at radius 1 is 1.10 bits per heavy atom. The van der Waals surface area contributed by atoms with Gasteiger partial charge in [-0.05, 0) is 48.6 Å². The lowest BCUT2D eigenvalue weighted by molar-refractivity contribution is 0.135. The normalized spacial score (nSPS) is 20.3. The number of imidazole rings is 1. The van der Waals surface area contributed by atoms with Gasteiger partial charge in [0.1, 0.15) is 5.82 Å². The molecule has 2 aromatic heterocycles. The molecule has 0 unspecified atom stereocenters. The Labute approximate surface area is 169 Å². The van der Waals surface area contributed by atoms with E-state index in [-0.39, 0.29) is 6.04 Å². The number of aromatic nitrogens is 4. The summed E-state index contributed by atoms with van der Waals surface area (Å²) in [5.41, 5.74) is 4.30. The van der Waals surface area contributed by atoms with Crippen LogP contribution in [0.1, 0.15) is 35.9 Å². The largest absolute Gasteiger partial charge is 0.387 e. The molecule has 148 valence electrons. The highest BCUT2D eigenvalue weighted by molar-refractivity contribution is 5.75. The van der Waals surface area contributed by atoms with E-state index in [0.717, 1.165) is 41.7 Å². The Morgan fingerprint density at radius 3 is 2.83 bits per heavy atom. The topological polar surface area (TPSA) is 78.8 Å². The molecule has 3 atom stereocenters. The Balaban J connectivity index is 1.24. The Kier molecular flexibility index (Phi) is 4.87. The summed E-state index contributed by atoms with van der Waals surface area (Å²) in [6.45, 7) is 0.639. The summed E-state index contributed by atoms with van der Waals surface area (Å²) in [5, 5.41) is 18.5. The predicted octanol–water partition coefficient (Wildman–Crippen LogP) is 3.20. The van der Waals surface area contributed by atoms with E-state index in [2.05, 4.69) is 38.6 Å². The van der Waals surface area contributed by atoms with Crippen molar-refractivity contribution in [2.75, 3.05) is 0 Å². The number of benzene rings is 2. The molecule has 6 heteroatoms. The maximum atomic E-state index is 10.7. The monoisotopic (exact) mass is 387 g/mol. The smallest absolute Gasteiger partial charge is 0.129 e. The summed E-state index contributed by atoms with van der Waals surface area (Å²) in [6.07, 6.45) is 6.26. The van der Waals surface area contributed by atoms with Crippen LogP contribution in [0.2, 0.25) is 0 Å². The van der Waals surface area contributed by atoms with Crippen molar-refractivity contribution >= 4 is 11.0 Å². The number of fused-ring (bicyclic) bond motifs is 1. The molecule has 0 bridgehead atoms. The number of hydrogen-bond donors (Lipinski definition) is 3. The molecular formula is C23H25N5O. The zero-order chi connectivity index (χ0) is 19.6. The zero-order valence-electron chi connectivity index (χ0n) is 16.2. The molecule has 1 aliphatic heterocycles. The van der Waals surface area contributed by atoms with Gasteiger partial charge in [0.05, 0.1) is 23.7 Å². The minimum atomic E-state index is -0.457. The Hall–Kier alpha value is -2.96. The van der Waals surface area contributed by atoms with Crippen molar-refractivity contribution in [1.82, 2.24) is 25.1 Å². The second kappa shape index (κ2) is 7.81. The van der Waals surface area contributed by atoms with E-state index in [0.29, 0.717) is 12.6 Å². The van der Waals surface area contributed by atoms with Gasteiger partial charge in [-0.25, -0.2) is 4.98 Å². The van der Waals surface area contributed by atoms with Crippen molar-refractivity contribution in [3.05, 3.63) is 83.9 Å². The van der Waals surface area contributed by atoms with E-state index in [9.17, 15) is 5.11 Å². The van der Waals surface area contributed by atoms with Crippen LogP contribution in [-0.4, -0.2) is 36.9 Å². The number of rotatable bonds is 6. The Morgan fingerprint density at radius 2 is 2.00 bits per heavy atom.